The zero-order valence-corrected chi connectivity index (χ0v) is 11.3. The quantitative estimate of drug-likeness (QED) is 0.865. The number of piperidine rings is 1. The molecule has 3 nitrogen and oxygen atoms in total. The highest BCUT2D eigenvalue weighted by Gasteiger charge is 2.31. The van der Waals surface area contributed by atoms with Crippen LogP contribution in [0.25, 0.3) is 0 Å². The average Bonchev–Trinajstić information content (AvgIpc) is 2.75. The fraction of sp³-hybridized carbons (Fsp3) is 0.600. The molecule has 1 unspecified atom stereocenters. The molecule has 2 heterocycles. The molecule has 1 fully saturated rings. The SMILES string of the molecule is CN1CCCC(C)(Oc2ccc3c(c2)CNC3)C1. The Bertz CT molecular complexity index is 446. The van der Waals surface area contributed by atoms with Crippen molar-refractivity contribution >= 4 is 0 Å². The third-order valence-corrected chi connectivity index (χ3v) is 4.02. The van der Waals surface area contributed by atoms with Gasteiger partial charge in [-0.15, -0.1) is 0 Å². The minimum atomic E-state index is -0.0345. The lowest BCUT2D eigenvalue weighted by molar-refractivity contribution is 0.0155. The minimum Gasteiger partial charge on any atom is -0.486 e. The van der Waals surface area contributed by atoms with Gasteiger partial charge in [0, 0.05) is 19.6 Å². The van der Waals surface area contributed by atoms with Gasteiger partial charge in [0.15, 0.2) is 0 Å². The van der Waals surface area contributed by atoms with Crippen LogP contribution in [-0.4, -0.2) is 30.6 Å². The Morgan fingerprint density at radius 3 is 2.94 bits per heavy atom. The molecule has 1 saturated heterocycles. The van der Waals surface area contributed by atoms with Crippen molar-refractivity contribution in [2.45, 2.75) is 38.5 Å². The van der Waals surface area contributed by atoms with Crippen LogP contribution in [-0.2, 0) is 13.1 Å². The maximum atomic E-state index is 6.27. The standard InChI is InChI=1S/C15H22N2O/c1-15(6-3-7-17(2)11-15)18-14-5-4-12-9-16-10-13(12)8-14/h4-5,8,16H,3,6-7,9-11H2,1-2H3. The second kappa shape index (κ2) is 4.56. The maximum absolute atomic E-state index is 6.27. The number of fused-ring (bicyclic) bond motifs is 1. The second-order valence-electron chi connectivity index (χ2n) is 5.93. The lowest BCUT2D eigenvalue weighted by Gasteiger charge is -2.39. The number of ether oxygens (including phenoxy) is 1. The molecular weight excluding hydrogens is 224 g/mol. The molecule has 3 rings (SSSR count). The van der Waals surface area contributed by atoms with Gasteiger partial charge in [-0.05, 0) is 56.6 Å². The topological polar surface area (TPSA) is 24.5 Å². The lowest BCUT2D eigenvalue weighted by Crippen LogP contribution is -2.48. The molecule has 0 aromatic heterocycles. The smallest absolute Gasteiger partial charge is 0.120 e. The Labute approximate surface area is 109 Å². The highest BCUT2D eigenvalue weighted by atomic mass is 16.5. The van der Waals surface area contributed by atoms with Crippen LogP contribution in [0.2, 0.25) is 0 Å². The van der Waals surface area contributed by atoms with Crippen LogP contribution in [0.1, 0.15) is 30.9 Å². The first-order valence-electron chi connectivity index (χ1n) is 6.85. The van der Waals surface area contributed by atoms with Gasteiger partial charge in [-0.2, -0.15) is 0 Å². The molecule has 1 aromatic rings. The van der Waals surface area contributed by atoms with Crippen molar-refractivity contribution in [2.75, 3.05) is 20.1 Å². The Kier molecular flexibility index (Phi) is 3.04. The first-order valence-corrected chi connectivity index (χ1v) is 6.85. The second-order valence-corrected chi connectivity index (χ2v) is 5.93. The highest BCUT2D eigenvalue weighted by Crippen LogP contribution is 2.29. The van der Waals surface area contributed by atoms with Gasteiger partial charge in [0.05, 0.1) is 0 Å². The van der Waals surface area contributed by atoms with Gasteiger partial charge in [-0.1, -0.05) is 6.07 Å². The van der Waals surface area contributed by atoms with E-state index in [0.717, 1.165) is 31.8 Å². The Morgan fingerprint density at radius 1 is 1.28 bits per heavy atom. The van der Waals surface area contributed by atoms with Crippen molar-refractivity contribution in [3.63, 3.8) is 0 Å². The summed E-state index contributed by atoms with van der Waals surface area (Å²) in [6.07, 6.45) is 2.37. The molecule has 0 spiro atoms. The van der Waals surface area contributed by atoms with E-state index in [1.165, 1.54) is 24.1 Å². The van der Waals surface area contributed by atoms with Crippen LogP contribution in [0.15, 0.2) is 18.2 Å². The largest absolute Gasteiger partial charge is 0.486 e. The van der Waals surface area contributed by atoms with Crippen molar-refractivity contribution in [1.29, 1.82) is 0 Å². The van der Waals surface area contributed by atoms with Gasteiger partial charge in [0.2, 0.25) is 0 Å². The fourth-order valence-electron chi connectivity index (χ4n) is 3.15. The molecule has 98 valence electrons. The Hall–Kier alpha value is -1.06. The number of likely N-dealkylation sites (N-methyl/N-ethyl adjacent to an activating group) is 1. The van der Waals surface area contributed by atoms with Gasteiger partial charge >= 0.3 is 0 Å². The summed E-state index contributed by atoms with van der Waals surface area (Å²) in [6, 6.07) is 6.52. The van der Waals surface area contributed by atoms with Crippen LogP contribution in [0.5, 0.6) is 5.75 Å². The summed E-state index contributed by atoms with van der Waals surface area (Å²) in [5.74, 6) is 1.02. The van der Waals surface area contributed by atoms with E-state index in [-0.39, 0.29) is 5.60 Å². The molecule has 1 atom stereocenters. The highest BCUT2D eigenvalue weighted by molar-refractivity contribution is 5.38. The van der Waals surface area contributed by atoms with E-state index >= 15 is 0 Å². The zero-order valence-electron chi connectivity index (χ0n) is 11.3. The van der Waals surface area contributed by atoms with Gasteiger partial charge in [0.25, 0.3) is 0 Å². The van der Waals surface area contributed by atoms with Crippen molar-refractivity contribution in [3.8, 4) is 5.75 Å². The van der Waals surface area contributed by atoms with Gasteiger partial charge in [-0.25, -0.2) is 0 Å². The summed E-state index contributed by atoms with van der Waals surface area (Å²) in [7, 11) is 2.17. The van der Waals surface area contributed by atoms with E-state index in [0.29, 0.717) is 0 Å². The van der Waals surface area contributed by atoms with E-state index < -0.39 is 0 Å². The Balaban J connectivity index is 1.75. The predicted molar refractivity (Wildman–Crippen MR) is 72.7 cm³/mol. The normalized spacial score (nSPS) is 28.1. The van der Waals surface area contributed by atoms with E-state index in [1.807, 2.05) is 0 Å². The van der Waals surface area contributed by atoms with E-state index in [9.17, 15) is 0 Å². The average molecular weight is 246 g/mol. The van der Waals surface area contributed by atoms with Crippen molar-refractivity contribution in [3.05, 3.63) is 29.3 Å². The van der Waals surface area contributed by atoms with Crippen LogP contribution in [0, 0.1) is 0 Å². The predicted octanol–water partition coefficient (Wildman–Crippen LogP) is 2.15. The summed E-state index contributed by atoms with van der Waals surface area (Å²) < 4.78 is 6.27. The number of hydrogen-bond donors (Lipinski definition) is 1. The number of rotatable bonds is 2. The molecule has 2 aliphatic rings. The van der Waals surface area contributed by atoms with Crippen molar-refractivity contribution in [1.82, 2.24) is 10.2 Å². The first-order chi connectivity index (χ1) is 8.65. The summed E-state index contributed by atoms with van der Waals surface area (Å²) in [5, 5.41) is 3.37. The number of benzene rings is 1. The van der Waals surface area contributed by atoms with Crippen molar-refractivity contribution in [2.24, 2.45) is 0 Å². The molecule has 0 aliphatic carbocycles. The molecule has 1 N–H and O–H groups in total. The number of nitrogens with zero attached hydrogens (tertiary/aromatic N) is 1. The molecular formula is C15H22N2O. The van der Waals surface area contributed by atoms with Crippen LogP contribution >= 0.6 is 0 Å². The fourth-order valence-corrected chi connectivity index (χ4v) is 3.15. The molecule has 0 radical (unpaired) electrons. The van der Waals surface area contributed by atoms with Crippen molar-refractivity contribution < 1.29 is 4.74 Å². The molecule has 1 aromatic carbocycles. The van der Waals surface area contributed by atoms with Gasteiger partial charge in [0.1, 0.15) is 11.4 Å². The molecule has 3 heteroatoms. The maximum Gasteiger partial charge on any atom is 0.120 e. The minimum absolute atomic E-state index is 0.0345. The summed E-state index contributed by atoms with van der Waals surface area (Å²) in [6.45, 7) is 6.41. The summed E-state index contributed by atoms with van der Waals surface area (Å²) in [4.78, 5) is 2.36. The van der Waals surface area contributed by atoms with E-state index in [2.05, 4.69) is 42.4 Å². The van der Waals surface area contributed by atoms with Gasteiger partial charge < -0.3 is 15.0 Å². The van der Waals surface area contributed by atoms with E-state index in [1.54, 1.807) is 0 Å². The van der Waals surface area contributed by atoms with E-state index in [4.69, 9.17) is 4.74 Å². The third kappa shape index (κ3) is 2.38. The number of hydrogen-bond acceptors (Lipinski definition) is 3. The number of likely N-dealkylation sites (tertiary alicyclic amines) is 1. The van der Waals surface area contributed by atoms with Crippen LogP contribution in [0.3, 0.4) is 0 Å². The summed E-state index contributed by atoms with van der Waals surface area (Å²) >= 11 is 0. The summed E-state index contributed by atoms with van der Waals surface area (Å²) in [5.41, 5.74) is 2.77. The molecule has 0 amide bonds. The van der Waals surface area contributed by atoms with Crippen LogP contribution in [0.4, 0.5) is 0 Å². The Morgan fingerprint density at radius 2 is 2.11 bits per heavy atom. The zero-order chi connectivity index (χ0) is 12.6. The number of nitrogens with one attached hydrogen (secondary N) is 1. The van der Waals surface area contributed by atoms with Gasteiger partial charge in [-0.3, -0.25) is 0 Å². The molecule has 0 saturated carbocycles. The first kappa shape index (κ1) is 12.0. The monoisotopic (exact) mass is 246 g/mol. The molecule has 0 bridgehead atoms. The lowest BCUT2D eigenvalue weighted by atomic mass is 9.95. The van der Waals surface area contributed by atoms with Crippen LogP contribution < -0.4 is 10.1 Å². The molecule has 2 aliphatic heterocycles. The molecule has 18 heavy (non-hydrogen) atoms. The third-order valence-electron chi connectivity index (χ3n) is 4.02.